The Hall–Kier alpha value is -3.54. The van der Waals surface area contributed by atoms with Gasteiger partial charge in [0, 0.05) is 24.5 Å². The van der Waals surface area contributed by atoms with Crippen molar-refractivity contribution < 1.29 is 19.4 Å². The van der Waals surface area contributed by atoms with Crippen molar-refractivity contribution in [1.29, 1.82) is 0 Å². The summed E-state index contributed by atoms with van der Waals surface area (Å²) in [6.45, 7) is -0.345. The van der Waals surface area contributed by atoms with E-state index < -0.39 is 5.97 Å². The zero-order valence-corrected chi connectivity index (χ0v) is 17.3. The van der Waals surface area contributed by atoms with Gasteiger partial charge in [0.15, 0.2) is 6.61 Å². The van der Waals surface area contributed by atoms with E-state index in [1.165, 1.54) is 5.56 Å². The number of fused-ring (bicyclic) bond motifs is 1. The van der Waals surface area contributed by atoms with Crippen LogP contribution < -0.4 is 9.64 Å². The number of carbonyl (C=O) groups is 2. The second-order valence-corrected chi connectivity index (χ2v) is 7.77. The monoisotopic (exact) mass is 418 g/mol. The quantitative estimate of drug-likeness (QED) is 0.537. The molecule has 0 bridgehead atoms. The lowest BCUT2D eigenvalue weighted by Crippen LogP contribution is -2.26. The van der Waals surface area contributed by atoms with Crippen LogP contribution in [0.15, 0.2) is 67.0 Å². The maximum absolute atomic E-state index is 13.3. The summed E-state index contributed by atoms with van der Waals surface area (Å²) in [5, 5.41) is 8.93. The molecule has 6 nitrogen and oxygen atoms in total. The van der Waals surface area contributed by atoms with E-state index in [0.717, 1.165) is 42.6 Å². The van der Waals surface area contributed by atoms with Crippen molar-refractivity contribution in [1.82, 2.24) is 4.98 Å². The van der Waals surface area contributed by atoms with Crippen LogP contribution in [0.4, 0.5) is 11.4 Å². The predicted octanol–water partition coefficient (Wildman–Crippen LogP) is 5.04. The van der Waals surface area contributed by atoms with E-state index in [1.54, 1.807) is 4.90 Å². The third-order valence-electron chi connectivity index (χ3n) is 5.75. The zero-order chi connectivity index (χ0) is 21.6. The first-order chi connectivity index (χ1) is 15.1. The number of nitrogens with zero attached hydrogens (tertiary/aromatic N) is 1. The largest absolute Gasteiger partial charge is 0.482 e. The summed E-state index contributed by atoms with van der Waals surface area (Å²) >= 11 is 0. The molecule has 3 aromatic rings. The predicted molar refractivity (Wildman–Crippen MR) is 119 cm³/mol. The SMILES string of the molecule is O=C(O)COc1cccc2c1CCCC2CCC(=O)N(c1ccccc1)c1cc[nH]c1. The number of aliphatic carboxylic acids is 1. The molecular weight excluding hydrogens is 392 g/mol. The first-order valence-electron chi connectivity index (χ1n) is 10.6. The average molecular weight is 418 g/mol. The van der Waals surface area contributed by atoms with Crippen LogP contribution in [0.1, 0.15) is 42.7 Å². The molecule has 1 atom stereocenters. The first kappa shape index (κ1) is 20.7. The van der Waals surface area contributed by atoms with E-state index in [0.29, 0.717) is 12.2 Å². The van der Waals surface area contributed by atoms with Gasteiger partial charge >= 0.3 is 5.97 Å². The number of aromatic nitrogens is 1. The van der Waals surface area contributed by atoms with Crippen molar-refractivity contribution in [2.75, 3.05) is 11.5 Å². The van der Waals surface area contributed by atoms with Crippen molar-refractivity contribution in [3.63, 3.8) is 0 Å². The van der Waals surface area contributed by atoms with E-state index in [2.05, 4.69) is 11.1 Å². The molecule has 4 rings (SSSR count). The Morgan fingerprint density at radius 2 is 1.90 bits per heavy atom. The van der Waals surface area contributed by atoms with Crippen LogP contribution in [0.25, 0.3) is 0 Å². The Kier molecular flexibility index (Phi) is 6.36. The summed E-state index contributed by atoms with van der Waals surface area (Å²) in [7, 11) is 0. The van der Waals surface area contributed by atoms with Crippen molar-refractivity contribution in [2.24, 2.45) is 0 Å². The fraction of sp³-hybridized carbons (Fsp3) is 0.280. The highest BCUT2D eigenvalue weighted by Gasteiger charge is 2.25. The third kappa shape index (κ3) is 4.79. The molecule has 1 heterocycles. The third-order valence-corrected chi connectivity index (χ3v) is 5.75. The number of nitrogens with one attached hydrogen (secondary N) is 1. The van der Waals surface area contributed by atoms with Crippen LogP contribution in [-0.4, -0.2) is 28.6 Å². The number of benzene rings is 2. The van der Waals surface area contributed by atoms with Gasteiger partial charge in [-0.15, -0.1) is 0 Å². The minimum absolute atomic E-state index is 0.0520. The standard InChI is InChI=1S/C25H26N2O4/c28-24(27(20-14-15-26-16-20)19-7-2-1-3-8-19)13-12-18-6-4-10-22-21(18)9-5-11-23(22)31-17-25(29)30/h1-3,5,7-9,11,14-16,18,26H,4,6,10,12-13,17H2,(H,29,30). The summed E-state index contributed by atoms with van der Waals surface area (Å²) in [4.78, 5) is 28.9. The maximum Gasteiger partial charge on any atom is 0.341 e. The van der Waals surface area contributed by atoms with Gasteiger partial charge in [0.05, 0.1) is 5.69 Å². The van der Waals surface area contributed by atoms with Crippen LogP contribution in [0, 0.1) is 0 Å². The summed E-state index contributed by atoms with van der Waals surface area (Å²) in [5.41, 5.74) is 3.93. The van der Waals surface area contributed by atoms with Gasteiger partial charge in [-0.05, 0) is 67.0 Å². The minimum Gasteiger partial charge on any atom is -0.482 e. The van der Waals surface area contributed by atoms with Gasteiger partial charge in [0.2, 0.25) is 5.91 Å². The Labute approximate surface area is 181 Å². The number of carboxylic acids is 1. The Bertz CT molecular complexity index is 1030. The molecule has 1 aliphatic carbocycles. The lowest BCUT2D eigenvalue weighted by molar-refractivity contribution is -0.139. The molecule has 6 heteroatoms. The molecule has 0 radical (unpaired) electrons. The maximum atomic E-state index is 13.3. The number of amides is 1. The topological polar surface area (TPSA) is 82.6 Å². The molecule has 1 amide bonds. The van der Waals surface area contributed by atoms with E-state index in [4.69, 9.17) is 9.84 Å². The minimum atomic E-state index is -0.985. The molecule has 0 fully saturated rings. The smallest absolute Gasteiger partial charge is 0.341 e. The molecule has 160 valence electrons. The van der Waals surface area contributed by atoms with E-state index >= 15 is 0 Å². The number of H-pyrrole nitrogens is 1. The number of carbonyl (C=O) groups excluding carboxylic acids is 1. The normalized spacial score (nSPS) is 15.2. The number of aromatic amines is 1. The second kappa shape index (κ2) is 9.51. The number of carboxylic acid groups (broad SMARTS) is 1. The highest BCUT2D eigenvalue weighted by Crippen LogP contribution is 2.39. The number of anilines is 2. The summed E-state index contributed by atoms with van der Waals surface area (Å²) < 4.78 is 5.51. The van der Waals surface area contributed by atoms with Gasteiger partial charge in [0.25, 0.3) is 0 Å². The summed E-state index contributed by atoms with van der Waals surface area (Å²) in [6, 6.07) is 17.4. The van der Waals surface area contributed by atoms with Gasteiger partial charge < -0.3 is 14.8 Å². The summed E-state index contributed by atoms with van der Waals surface area (Å²) in [6.07, 6.45) is 7.68. The molecule has 1 aliphatic rings. The molecule has 0 spiro atoms. The van der Waals surface area contributed by atoms with Crippen molar-refractivity contribution in [3.05, 3.63) is 78.1 Å². The van der Waals surface area contributed by atoms with Gasteiger partial charge in [-0.25, -0.2) is 4.79 Å². The number of ether oxygens (including phenoxy) is 1. The molecule has 2 aromatic carbocycles. The highest BCUT2D eigenvalue weighted by molar-refractivity contribution is 6.00. The van der Waals surface area contributed by atoms with E-state index in [9.17, 15) is 9.59 Å². The summed E-state index contributed by atoms with van der Waals surface area (Å²) in [5.74, 6) is -0.0309. The van der Waals surface area contributed by atoms with E-state index in [1.807, 2.05) is 60.9 Å². The molecule has 2 N–H and O–H groups in total. The first-order valence-corrected chi connectivity index (χ1v) is 10.6. The van der Waals surface area contributed by atoms with E-state index in [-0.39, 0.29) is 18.4 Å². The lowest BCUT2D eigenvalue weighted by Gasteiger charge is -2.28. The fourth-order valence-corrected chi connectivity index (χ4v) is 4.37. The van der Waals surface area contributed by atoms with Gasteiger partial charge in [0.1, 0.15) is 5.75 Å². The molecule has 31 heavy (non-hydrogen) atoms. The molecule has 0 aliphatic heterocycles. The molecular formula is C25H26N2O4. The molecule has 0 saturated heterocycles. The van der Waals surface area contributed by atoms with Gasteiger partial charge in [-0.2, -0.15) is 0 Å². The van der Waals surface area contributed by atoms with Crippen molar-refractivity contribution in [2.45, 2.75) is 38.0 Å². The molecule has 1 aromatic heterocycles. The van der Waals surface area contributed by atoms with Crippen LogP contribution in [0.3, 0.4) is 0 Å². The van der Waals surface area contributed by atoms with Crippen LogP contribution >= 0.6 is 0 Å². The van der Waals surface area contributed by atoms with Crippen LogP contribution in [-0.2, 0) is 16.0 Å². The molecule has 1 unspecified atom stereocenters. The Morgan fingerprint density at radius 1 is 1.06 bits per heavy atom. The number of hydrogen-bond acceptors (Lipinski definition) is 3. The highest BCUT2D eigenvalue weighted by atomic mass is 16.5. The number of hydrogen-bond donors (Lipinski definition) is 2. The van der Waals surface area contributed by atoms with Gasteiger partial charge in [-0.1, -0.05) is 30.3 Å². The number of para-hydroxylation sites is 1. The lowest BCUT2D eigenvalue weighted by atomic mass is 9.80. The number of rotatable bonds is 8. The average Bonchev–Trinajstić information content (AvgIpc) is 3.31. The van der Waals surface area contributed by atoms with Crippen LogP contribution in [0.5, 0.6) is 5.75 Å². The van der Waals surface area contributed by atoms with Crippen LogP contribution in [0.2, 0.25) is 0 Å². The fourth-order valence-electron chi connectivity index (χ4n) is 4.37. The van der Waals surface area contributed by atoms with Gasteiger partial charge in [-0.3, -0.25) is 9.69 Å². The van der Waals surface area contributed by atoms with Crippen molar-refractivity contribution in [3.8, 4) is 5.75 Å². The van der Waals surface area contributed by atoms with Crippen molar-refractivity contribution >= 4 is 23.3 Å². The Morgan fingerprint density at radius 3 is 2.65 bits per heavy atom. The second-order valence-electron chi connectivity index (χ2n) is 7.77. The zero-order valence-electron chi connectivity index (χ0n) is 17.3. The Balaban J connectivity index is 1.50. The molecule has 0 saturated carbocycles.